The Labute approximate surface area is 222 Å². The zero-order valence-corrected chi connectivity index (χ0v) is 21.2. The molecule has 9 heteroatoms. The summed E-state index contributed by atoms with van der Waals surface area (Å²) < 4.78 is 11.3. The standard InChI is InChI=1S/C29H31N7O2/c30-28-32-26(33-29(34-28)31-23-11-12-24-25(19-23)38-18-17-37-24)20-35-13-15-36(16-14-35)27(21-7-3-1-4-8-21)22-9-5-2-6-10-22/h1-12,19,27H,13-18,20H2,(H3,30,31,32,33,34). The summed E-state index contributed by atoms with van der Waals surface area (Å²) >= 11 is 0. The van der Waals surface area contributed by atoms with Gasteiger partial charge in [0.1, 0.15) is 19.0 Å². The minimum atomic E-state index is 0.196. The molecule has 3 aromatic carbocycles. The normalized spacial score (nSPS) is 15.9. The first-order chi connectivity index (χ1) is 18.7. The van der Waals surface area contributed by atoms with Crippen LogP contribution >= 0.6 is 0 Å². The van der Waals surface area contributed by atoms with Gasteiger partial charge in [0.2, 0.25) is 11.9 Å². The molecule has 0 atom stereocenters. The first kappa shape index (κ1) is 24.1. The highest BCUT2D eigenvalue weighted by atomic mass is 16.6. The smallest absolute Gasteiger partial charge is 0.232 e. The number of nitrogens with zero attached hydrogens (tertiary/aromatic N) is 5. The van der Waals surface area contributed by atoms with Crippen LogP contribution in [0.1, 0.15) is 23.0 Å². The maximum absolute atomic E-state index is 6.05. The molecule has 4 aromatic rings. The van der Waals surface area contributed by atoms with Crippen molar-refractivity contribution in [3.63, 3.8) is 0 Å². The van der Waals surface area contributed by atoms with E-state index in [1.54, 1.807) is 0 Å². The lowest BCUT2D eigenvalue weighted by molar-refractivity contribution is 0.103. The number of nitrogens with two attached hydrogens (primary N) is 1. The third kappa shape index (κ3) is 5.53. The monoisotopic (exact) mass is 509 g/mol. The number of anilines is 3. The molecule has 9 nitrogen and oxygen atoms in total. The van der Waals surface area contributed by atoms with E-state index in [0.29, 0.717) is 37.3 Å². The van der Waals surface area contributed by atoms with Crippen molar-refractivity contribution < 1.29 is 9.47 Å². The molecule has 1 saturated heterocycles. The molecule has 1 fully saturated rings. The summed E-state index contributed by atoms with van der Waals surface area (Å²) in [6.45, 7) is 5.40. The average Bonchev–Trinajstić information content (AvgIpc) is 2.95. The lowest BCUT2D eigenvalue weighted by atomic mass is 9.96. The summed E-state index contributed by atoms with van der Waals surface area (Å²) in [4.78, 5) is 18.3. The molecule has 0 amide bonds. The van der Waals surface area contributed by atoms with Gasteiger partial charge in [0, 0.05) is 37.9 Å². The van der Waals surface area contributed by atoms with Crippen molar-refractivity contribution in [3.8, 4) is 11.5 Å². The minimum Gasteiger partial charge on any atom is -0.486 e. The van der Waals surface area contributed by atoms with Crippen molar-refractivity contribution in [2.45, 2.75) is 12.6 Å². The Kier molecular flexibility index (Phi) is 7.01. The van der Waals surface area contributed by atoms with Crippen molar-refractivity contribution in [1.29, 1.82) is 0 Å². The maximum atomic E-state index is 6.05. The number of fused-ring (bicyclic) bond motifs is 1. The highest BCUT2D eigenvalue weighted by Gasteiger charge is 2.27. The van der Waals surface area contributed by atoms with Crippen LogP contribution in [0.25, 0.3) is 0 Å². The molecular formula is C29H31N7O2. The van der Waals surface area contributed by atoms with Crippen molar-refractivity contribution in [2.75, 3.05) is 50.4 Å². The van der Waals surface area contributed by atoms with E-state index in [9.17, 15) is 0 Å². The van der Waals surface area contributed by atoms with E-state index in [1.165, 1.54) is 11.1 Å². The van der Waals surface area contributed by atoms with Crippen LogP contribution in [0, 0.1) is 0 Å². The molecule has 2 aliphatic rings. The van der Waals surface area contributed by atoms with Crippen molar-refractivity contribution in [1.82, 2.24) is 24.8 Å². The largest absolute Gasteiger partial charge is 0.486 e. The molecule has 194 valence electrons. The van der Waals surface area contributed by atoms with Gasteiger partial charge in [-0.3, -0.25) is 9.80 Å². The van der Waals surface area contributed by atoms with Gasteiger partial charge in [0.15, 0.2) is 11.5 Å². The molecule has 0 unspecified atom stereocenters. The first-order valence-electron chi connectivity index (χ1n) is 12.9. The third-order valence-electron chi connectivity index (χ3n) is 6.87. The van der Waals surface area contributed by atoms with Gasteiger partial charge in [0.05, 0.1) is 12.6 Å². The second kappa shape index (κ2) is 11.0. The van der Waals surface area contributed by atoms with E-state index in [1.807, 2.05) is 18.2 Å². The number of ether oxygens (including phenoxy) is 2. The Morgan fingerprint density at radius 3 is 2.11 bits per heavy atom. The van der Waals surface area contributed by atoms with Gasteiger partial charge < -0.3 is 20.5 Å². The maximum Gasteiger partial charge on any atom is 0.232 e. The molecule has 3 N–H and O–H groups in total. The summed E-state index contributed by atoms with van der Waals surface area (Å²) in [7, 11) is 0. The van der Waals surface area contributed by atoms with E-state index in [4.69, 9.17) is 15.2 Å². The van der Waals surface area contributed by atoms with Crippen LogP contribution in [0.5, 0.6) is 11.5 Å². The summed E-state index contributed by atoms with van der Waals surface area (Å²) in [5, 5.41) is 3.23. The fraction of sp³-hybridized carbons (Fsp3) is 0.276. The van der Waals surface area contributed by atoms with E-state index in [2.05, 4.69) is 90.7 Å². The predicted molar refractivity (Wildman–Crippen MR) is 147 cm³/mol. The van der Waals surface area contributed by atoms with E-state index < -0.39 is 0 Å². The van der Waals surface area contributed by atoms with Crippen LogP contribution in [0.15, 0.2) is 78.9 Å². The second-order valence-corrected chi connectivity index (χ2v) is 9.45. The molecule has 3 heterocycles. The van der Waals surface area contributed by atoms with Crippen LogP contribution in [0.4, 0.5) is 17.6 Å². The molecule has 0 radical (unpaired) electrons. The Morgan fingerprint density at radius 2 is 1.42 bits per heavy atom. The minimum absolute atomic E-state index is 0.196. The topological polar surface area (TPSA) is 102 Å². The Hall–Kier alpha value is -4.21. The van der Waals surface area contributed by atoms with Crippen LogP contribution in [-0.2, 0) is 6.54 Å². The summed E-state index contributed by atoms with van der Waals surface area (Å²) in [6, 6.07) is 27.4. The Balaban J connectivity index is 1.12. The molecule has 0 bridgehead atoms. The molecular weight excluding hydrogens is 478 g/mol. The van der Waals surface area contributed by atoms with Gasteiger partial charge in [-0.25, -0.2) is 0 Å². The quantitative estimate of drug-likeness (QED) is 0.384. The van der Waals surface area contributed by atoms with E-state index in [0.717, 1.165) is 37.6 Å². The van der Waals surface area contributed by atoms with Crippen LogP contribution in [-0.4, -0.2) is 64.1 Å². The number of hydrogen-bond donors (Lipinski definition) is 2. The fourth-order valence-corrected chi connectivity index (χ4v) is 5.08. The Bertz CT molecular complexity index is 1320. The highest BCUT2D eigenvalue weighted by Crippen LogP contribution is 2.33. The number of aromatic nitrogens is 3. The van der Waals surface area contributed by atoms with Crippen molar-refractivity contribution >= 4 is 17.6 Å². The van der Waals surface area contributed by atoms with Gasteiger partial charge in [-0.1, -0.05) is 60.7 Å². The second-order valence-electron chi connectivity index (χ2n) is 9.45. The van der Waals surface area contributed by atoms with E-state index in [-0.39, 0.29) is 12.0 Å². The fourth-order valence-electron chi connectivity index (χ4n) is 5.08. The molecule has 0 spiro atoms. The van der Waals surface area contributed by atoms with E-state index >= 15 is 0 Å². The number of piperazine rings is 1. The molecule has 38 heavy (non-hydrogen) atoms. The Morgan fingerprint density at radius 1 is 0.763 bits per heavy atom. The molecule has 0 aliphatic carbocycles. The van der Waals surface area contributed by atoms with Gasteiger partial charge in [-0.05, 0) is 23.3 Å². The number of nitrogens with one attached hydrogen (secondary N) is 1. The predicted octanol–water partition coefficient (Wildman–Crippen LogP) is 3.88. The lowest BCUT2D eigenvalue weighted by Gasteiger charge is -2.39. The van der Waals surface area contributed by atoms with Gasteiger partial charge in [-0.2, -0.15) is 15.0 Å². The summed E-state index contributed by atoms with van der Waals surface area (Å²) in [6.07, 6.45) is 0. The van der Waals surface area contributed by atoms with Crippen LogP contribution < -0.4 is 20.5 Å². The van der Waals surface area contributed by atoms with Crippen molar-refractivity contribution in [2.24, 2.45) is 0 Å². The van der Waals surface area contributed by atoms with Crippen LogP contribution in [0.2, 0.25) is 0 Å². The molecule has 0 saturated carbocycles. The summed E-state index contributed by atoms with van der Waals surface area (Å²) in [5.41, 5.74) is 9.47. The number of nitrogen functional groups attached to an aromatic ring is 1. The zero-order chi connectivity index (χ0) is 25.7. The number of rotatable bonds is 7. The third-order valence-corrected chi connectivity index (χ3v) is 6.87. The van der Waals surface area contributed by atoms with Gasteiger partial charge in [-0.15, -0.1) is 0 Å². The van der Waals surface area contributed by atoms with Crippen molar-refractivity contribution in [3.05, 3.63) is 95.8 Å². The van der Waals surface area contributed by atoms with Gasteiger partial charge in [0.25, 0.3) is 0 Å². The SMILES string of the molecule is Nc1nc(CN2CCN(C(c3ccccc3)c3ccccc3)CC2)nc(Nc2ccc3c(c2)OCCO3)n1. The highest BCUT2D eigenvalue weighted by molar-refractivity contribution is 5.60. The summed E-state index contributed by atoms with van der Waals surface area (Å²) in [5.74, 6) is 2.69. The number of hydrogen-bond acceptors (Lipinski definition) is 9. The first-order valence-corrected chi connectivity index (χ1v) is 12.9. The molecule has 2 aliphatic heterocycles. The van der Waals surface area contributed by atoms with Crippen LogP contribution in [0.3, 0.4) is 0 Å². The zero-order valence-electron chi connectivity index (χ0n) is 21.2. The lowest BCUT2D eigenvalue weighted by Crippen LogP contribution is -2.47. The molecule has 1 aromatic heterocycles. The molecule has 6 rings (SSSR count). The van der Waals surface area contributed by atoms with Gasteiger partial charge >= 0.3 is 0 Å². The average molecular weight is 510 g/mol. The number of benzene rings is 3.